The minimum Gasteiger partial charge on any atom is -0.379 e. The summed E-state index contributed by atoms with van der Waals surface area (Å²) in [6, 6.07) is 9.63. The van der Waals surface area contributed by atoms with Gasteiger partial charge in [0.05, 0.1) is 18.9 Å². The van der Waals surface area contributed by atoms with Gasteiger partial charge in [0.2, 0.25) is 0 Å². The molecule has 8 heteroatoms. The summed E-state index contributed by atoms with van der Waals surface area (Å²) in [6.45, 7) is 6.84. The maximum Gasteiger partial charge on any atom is 0.158 e. The summed E-state index contributed by atoms with van der Waals surface area (Å²) >= 11 is 12.4. The Bertz CT molecular complexity index is 977. The highest BCUT2D eigenvalue weighted by Gasteiger charge is 2.31. The first-order valence-electron chi connectivity index (χ1n) is 9.43. The monoisotopic (exact) mass is 418 g/mol. The zero-order valence-corrected chi connectivity index (χ0v) is 16.8. The third kappa shape index (κ3) is 3.57. The highest BCUT2D eigenvalue weighted by Crippen LogP contribution is 2.36. The van der Waals surface area contributed by atoms with Gasteiger partial charge in [-0.15, -0.1) is 0 Å². The Hall–Kier alpha value is -1.86. The van der Waals surface area contributed by atoms with Crippen molar-refractivity contribution < 1.29 is 9.37 Å². The Morgan fingerprint density at radius 2 is 1.64 bits per heavy atom. The van der Waals surface area contributed by atoms with Crippen molar-refractivity contribution in [2.45, 2.75) is 0 Å². The lowest BCUT2D eigenvalue weighted by molar-refractivity contribution is 0.0286. The predicted molar refractivity (Wildman–Crippen MR) is 110 cm³/mol. The van der Waals surface area contributed by atoms with E-state index in [1.807, 2.05) is 18.2 Å². The number of rotatable bonds is 4. The molecule has 5 rings (SSSR count). The molecule has 0 radical (unpaired) electrons. The molecule has 0 N–H and O–H groups in total. The van der Waals surface area contributed by atoms with Gasteiger partial charge in [-0.25, -0.2) is 4.63 Å². The lowest BCUT2D eigenvalue weighted by Crippen LogP contribution is -2.53. The van der Waals surface area contributed by atoms with Crippen molar-refractivity contribution in [3.8, 4) is 11.1 Å². The van der Waals surface area contributed by atoms with Gasteiger partial charge in [-0.1, -0.05) is 23.2 Å². The lowest BCUT2D eigenvalue weighted by Gasteiger charge is -2.43. The van der Waals surface area contributed by atoms with Crippen LogP contribution in [0.15, 0.2) is 35.0 Å². The van der Waals surface area contributed by atoms with Crippen LogP contribution in [0, 0.1) is 5.92 Å². The molecule has 0 saturated carbocycles. The van der Waals surface area contributed by atoms with E-state index in [1.165, 1.54) is 0 Å². The van der Waals surface area contributed by atoms with Gasteiger partial charge in [0.1, 0.15) is 5.52 Å². The van der Waals surface area contributed by atoms with E-state index in [-0.39, 0.29) is 0 Å². The molecule has 3 heterocycles. The molecule has 0 bridgehead atoms. The molecule has 0 amide bonds. The lowest BCUT2D eigenvalue weighted by atomic mass is 9.96. The summed E-state index contributed by atoms with van der Waals surface area (Å²) in [6.07, 6.45) is 0. The first-order chi connectivity index (χ1) is 13.7. The highest BCUT2D eigenvalue weighted by molar-refractivity contribution is 6.35. The zero-order valence-electron chi connectivity index (χ0n) is 15.3. The van der Waals surface area contributed by atoms with Gasteiger partial charge >= 0.3 is 0 Å². The minimum atomic E-state index is 0.608. The van der Waals surface area contributed by atoms with E-state index >= 15 is 0 Å². The van der Waals surface area contributed by atoms with Gasteiger partial charge in [-0.05, 0) is 51.8 Å². The number of anilines is 1. The Morgan fingerprint density at radius 3 is 2.39 bits per heavy atom. The van der Waals surface area contributed by atoms with Crippen molar-refractivity contribution >= 4 is 39.9 Å². The largest absolute Gasteiger partial charge is 0.379 e. The Labute approximate surface area is 172 Å². The summed E-state index contributed by atoms with van der Waals surface area (Å²) in [5, 5.41) is 9.40. The Morgan fingerprint density at radius 1 is 0.929 bits per heavy atom. The van der Waals surface area contributed by atoms with Crippen molar-refractivity contribution in [1.29, 1.82) is 0 Å². The number of morpholine rings is 1. The van der Waals surface area contributed by atoms with Gasteiger partial charge in [-0.2, -0.15) is 0 Å². The molecule has 0 unspecified atom stereocenters. The maximum atomic E-state index is 6.19. The first kappa shape index (κ1) is 18.2. The number of aromatic nitrogens is 2. The number of benzene rings is 2. The topological polar surface area (TPSA) is 54.6 Å². The molecule has 2 fully saturated rings. The van der Waals surface area contributed by atoms with Crippen LogP contribution in [-0.2, 0) is 4.74 Å². The fourth-order valence-electron chi connectivity index (χ4n) is 4.03. The molecular formula is C20H20Cl2N4O2. The number of halogens is 2. The molecule has 2 aromatic carbocycles. The average Bonchev–Trinajstić information content (AvgIpc) is 3.12. The van der Waals surface area contributed by atoms with Crippen molar-refractivity contribution in [3.63, 3.8) is 0 Å². The van der Waals surface area contributed by atoms with Gasteiger partial charge in [0.25, 0.3) is 0 Å². The van der Waals surface area contributed by atoms with Crippen LogP contribution in [0.25, 0.3) is 22.2 Å². The smallest absolute Gasteiger partial charge is 0.158 e. The molecular weight excluding hydrogens is 399 g/mol. The van der Waals surface area contributed by atoms with Crippen LogP contribution in [0.4, 0.5) is 5.69 Å². The summed E-state index contributed by atoms with van der Waals surface area (Å²) in [5.41, 5.74) is 4.53. The van der Waals surface area contributed by atoms with Crippen molar-refractivity contribution in [1.82, 2.24) is 15.2 Å². The quantitative estimate of drug-likeness (QED) is 0.638. The normalized spacial score (nSPS) is 18.6. The molecule has 0 atom stereocenters. The molecule has 2 aliphatic heterocycles. The molecule has 0 aliphatic carbocycles. The molecule has 2 saturated heterocycles. The van der Waals surface area contributed by atoms with E-state index in [1.54, 1.807) is 6.07 Å². The molecule has 0 spiro atoms. The van der Waals surface area contributed by atoms with Crippen molar-refractivity contribution in [3.05, 3.63) is 40.4 Å². The van der Waals surface area contributed by atoms with Crippen LogP contribution in [-0.4, -0.2) is 61.2 Å². The van der Waals surface area contributed by atoms with Crippen LogP contribution in [0.1, 0.15) is 0 Å². The Balaban J connectivity index is 1.39. The number of hydrogen-bond acceptors (Lipinski definition) is 6. The van der Waals surface area contributed by atoms with Gasteiger partial charge in [-0.3, -0.25) is 4.90 Å². The Kier molecular flexibility index (Phi) is 4.88. The number of nitrogens with zero attached hydrogens (tertiary/aromatic N) is 4. The van der Waals surface area contributed by atoms with Crippen LogP contribution < -0.4 is 4.90 Å². The van der Waals surface area contributed by atoms with Gasteiger partial charge in [0.15, 0.2) is 5.52 Å². The summed E-state index contributed by atoms with van der Waals surface area (Å²) < 4.78 is 10.4. The van der Waals surface area contributed by atoms with Crippen LogP contribution >= 0.6 is 23.2 Å². The fourth-order valence-corrected chi connectivity index (χ4v) is 4.56. The third-order valence-corrected chi connectivity index (χ3v) is 5.89. The van der Waals surface area contributed by atoms with E-state index < -0.39 is 0 Å². The van der Waals surface area contributed by atoms with E-state index in [9.17, 15) is 0 Å². The molecule has 28 heavy (non-hydrogen) atoms. The zero-order chi connectivity index (χ0) is 19.1. The number of fused-ring (bicyclic) bond motifs is 1. The van der Waals surface area contributed by atoms with Crippen LogP contribution in [0.2, 0.25) is 10.0 Å². The van der Waals surface area contributed by atoms with Crippen LogP contribution in [0.3, 0.4) is 0 Å². The first-order valence-corrected chi connectivity index (χ1v) is 10.2. The number of ether oxygens (including phenoxy) is 1. The summed E-state index contributed by atoms with van der Waals surface area (Å²) in [4.78, 5) is 4.83. The third-order valence-electron chi connectivity index (χ3n) is 5.45. The molecule has 3 aromatic rings. The van der Waals surface area contributed by atoms with Crippen molar-refractivity contribution in [2.75, 3.05) is 50.8 Å². The second-order valence-corrected chi connectivity index (χ2v) is 8.34. The SMILES string of the molecule is Clc1cc(Cl)cc(-c2cc(N3CC(CN4CCOCC4)C3)c3nonc3c2)c1. The maximum absolute atomic E-state index is 6.19. The van der Waals surface area contributed by atoms with E-state index in [2.05, 4.69) is 26.2 Å². The predicted octanol–water partition coefficient (Wildman–Crippen LogP) is 3.97. The van der Waals surface area contributed by atoms with Crippen molar-refractivity contribution in [2.24, 2.45) is 5.92 Å². The minimum absolute atomic E-state index is 0.608. The summed E-state index contributed by atoms with van der Waals surface area (Å²) in [5.74, 6) is 0.650. The standard InChI is InChI=1S/C20H20Cl2N4O2/c21-16-5-14(6-17(22)9-16)15-7-18-20(24-28-23-18)19(8-15)26-11-13(12-26)10-25-1-3-27-4-2-25/h5-9,13H,1-4,10-12H2. The molecule has 1 aromatic heterocycles. The van der Waals surface area contributed by atoms with Gasteiger partial charge in [0, 0.05) is 48.7 Å². The highest BCUT2D eigenvalue weighted by atomic mass is 35.5. The van der Waals surface area contributed by atoms with Crippen LogP contribution in [0.5, 0.6) is 0 Å². The number of hydrogen-bond donors (Lipinski definition) is 0. The second-order valence-electron chi connectivity index (χ2n) is 7.47. The average molecular weight is 419 g/mol. The molecule has 6 nitrogen and oxygen atoms in total. The molecule has 2 aliphatic rings. The second kappa shape index (κ2) is 7.52. The molecule has 146 valence electrons. The van der Waals surface area contributed by atoms with E-state index in [0.29, 0.717) is 16.0 Å². The summed E-state index contributed by atoms with van der Waals surface area (Å²) in [7, 11) is 0. The van der Waals surface area contributed by atoms with Gasteiger partial charge < -0.3 is 9.64 Å². The van der Waals surface area contributed by atoms with E-state index in [0.717, 1.165) is 73.8 Å². The van der Waals surface area contributed by atoms with E-state index in [4.69, 9.17) is 32.6 Å². The fraction of sp³-hybridized carbons (Fsp3) is 0.400.